The fraction of sp³-hybridized carbons (Fsp3) is 0.130. The number of hydrogen-bond acceptors (Lipinski definition) is 1. The molecular formula is C23H22O. The van der Waals surface area contributed by atoms with Crippen molar-refractivity contribution in [3.63, 3.8) is 0 Å². The SMILES string of the molecule is Cc1cccc(C=C[C@@H](c2ccccc2)[C@@H](O)c2ccccc2)c1. The van der Waals surface area contributed by atoms with Gasteiger partial charge in [-0.05, 0) is 23.6 Å². The molecule has 1 N–H and O–H groups in total. The zero-order valence-corrected chi connectivity index (χ0v) is 13.8. The summed E-state index contributed by atoms with van der Waals surface area (Å²) < 4.78 is 0. The molecule has 0 fully saturated rings. The normalized spacial score (nSPS) is 13.8. The van der Waals surface area contributed by atoms with E-state index in [0.29, 0.717) is 0 Å². The van der Waals surface area contributed by atoms with Crippen LogP contribution in [0.4, 0.5) is 0 Å². The first kappa shape index (κ1) is 16.2. The number of aryl methyl sites for hydroxylation is 1. The van der Waals surface area contributed by atoms with Gasteiger partial charge in [0.25, 0.3) is 0 Å². The summed E-state index contributed by atoms with van der Waals surface area (Å²) in [5, 5.41) is 10.9. The second-order valence-corrected chi connectivity index (χ2v) is 6.07. The van der Waals surface area contributed by atoms with Crippen molar-refractivity contribution < 1.29 is 5.11 Å². The van der Waals surface area contributed by atoms with Crippen LogP contribution >= 0.6 is 0 Å². The molecule has 24 heavy (non-hydrogen) atoms. The van der Waals surface area contributed by atoms with Crippen LogP contribution in [0.5, 0.6) is 0 Å². The minimum Gasteiger partial charge on any atom is -0.387 e. The van der Waals surface area contributed by atoms with Gasteiger partial charge in [-0.25, -0.2) is 0 Å². The lowest BCUT2D eigenvalue weighted by molar-refractivity contribution is 0.162. The average molecular weight is 314 g/mol. The Bertz CT molecular complexity index is 791. The van der Waals surface area contributed by atoms with Crippen LogP contribution in [0, 0.1) is 6.92 Å². The summed E-state index contributed by atoms with van der Waals surface area (Å²) in [4.78, 5) is 0. The lowest BCUT2D eigenvalue weighted by Gasteiger charge is -2.21. The fourth-order valence-electron chi connectivity index (χ4n) is 2.92. The third-order valence-electron chi connectivity index (χ3n) is 4.20. The third-order valence-corrected chi connectivity index (χ3v) is 4.20. The standard InChI is InChI=1S/C23H22O/c1-18-9-8-10-19(17-18)15-16-22(20-11-4-2-5-12-20)23(24)21-13-6-3-7-14-21/h2-17,22-24H,1H3/t22-,23-/m0/s1. The molecule has 3 rings (SSSR count). The Kier molecular flexibility index (Phi) is 5.25. The van der Waals surface area contributed by atoms with Crippen molar-refractivity contribution in [1.29, 1.82) is 0 Å². The van der Waals surface area contributed by atoms with E-state index in [-0.39, 0.29) is 5.92 Å². The van der Waals surface area contributed by atoms with E-state index in [1.54, 1.807) is 0 Å². The van der Waals surface area contributed by atoms with Gasteiger partial charge in [-0.2, -0.15) is 0 Å². The zero-order valence-electron chi connectivity index (χ0n) is 13.8. The van der Waals surface area contributed by atoms with Crippen molar-refractivity contribution in [2.75, 3.05) is 0 Å². The van der Waals surface area contributed by atoms with Gasteiger partial charge in [-0.1, -0.05) is 103 Å². The predicted octanol–water partition coefficient (Wildman–Crippen LogP) is 5.53. The van der Waals surface area contributed by atoms with Gasteiger partial charge in [-0.3, -0.25) is 0 Å². The molecular weight excluding hydrogens is 292 g/mol. The molecule has 3 aromatic rings. The van der Waals surface area contributed by atoms with Crippen LogP contribution in [-0.4, -0.2) is 5.11 Å². The second-order valence-electron chi connectivity index (χ2n) is 6.07. The fourth-order valence-corrected chi connectivity index (χ4v) is 2.92. The van der Waals surface area contributed by atoms with Crippen molar-refractivity contribution in [3.8, 4) is 0 Å². The number of aliphatic hydroxyl groups is 1. The molecule has 0 radical (unpaired) electrons. The summed E-state index contributed by atoms with van der Waals surface area (Å²) in [5.41, 5.74) is 4.42. The topological polar surface area (TPSA) is 20.2 Å². The summed E-state index contributed by atoms with van der Waals surface area (Å²) in [6.45, 7) is 2.09. The molecule has 0 heterocycles. The monoisotopic (exact) mass is 314 g/mol. The van der Waals surface area contributed by atoms with Gasteiger partial charge < -0.3 is 5.11 Å². The Balaban J connectivity index is 1.93. The second kappa shape index (κ2) is 7.76. The van der Waals surface area contributed by atoms with E-state index >= 15 is 0 Å². The summed E-state index contributed by atoms with van der Waals surface area (Å²) >= 11 is 0. The minimum atomic E-state index is -0.574. The Morgan fingerprint density at radius 2 is 1.38 bits per heavy atom. The maximum Gasteiger partial charge on any atom is 0.0893 e. The van der Waals surface area contributed by atoms with Gasteiger partial charge in [0, 0.05) is 5.92 Å². The molecule has 2 atom stereocenters. The van der Waals surface area contributed by atoms with Crippen molar-refractivity contribution in [3.05, 3.63) is 113 Å². The molecule has 0 amide bonds. The van der Waals surface area contributed by atoms with E-state index < -0.39 is 6.10 Å². The van der Waals surface area contributed by atoms with Crippen LogP contribution in [0.2, 0.25) is 0 Å². The van der Waals surface area contributed by atoms with Crippen molar-refractivity contribution in [1.82, 2.24) is 0 Å². The highest BCUT2D eigenvalue weighted by molar-refractivity contribution is 5.52. The molecule has 1 nitrogen and oxygen atoms in total. The van der Waals surface area contributed by atoms with Gasteiger partial charge in [0.1, 0.15) is 0 Å². The van der Waals surface area contributed by atoms with Crippen LogP contribution in [0.25, 0.3) is 6.08 Å². The van der Waals surface area contributed by atoms with Crippen LogP contribution in [-0.2, 0) is 0 Å². The molecule has 0 aromatic heterocycles. The predicted molar refractivity (Wildman–Crippen MR) is 101 cm³/mol. The van der Waals surface area contributed by atoms with Crippen molar-refractivity contribution >= 4 is 6.08 Å². The van der Waals surface area contributed by atoms with Crippen molar-refractivity contribution in [2.24, 2.45) is 0 Å². The quantitative estimate of drug-likeness (QED) is 0.657. The minimum absolute atomic E-state index is 0.0888. The summed E-state index contributed by atoms with van der Waals surface area (Å²) in [5.74, 6) is -0.0888. The van der Waals surface area contributed by atoms with E-state index in [4.69, 9.17) is 0 Å². The smallest absolute Gasteiger partial charge is 0.0893 e. The van der Waals surface area contributed by atoms with Gasteiger partial charge >= 0.3 is 0 Å². The molecule has 1 heteroatoms. The number of hydrogen-bond donors (Lipinski definition) is 1. The summed E-state index contributed by atoms with van der Waals surface area (Å²) in [6.07, 6.45) is 3.62. The first-order valence-electron chi connectivity index (χ1n) is 8.27. The van der Waals surface area contributed by atoms with Crippen LogP contribution in [0.3, 0.4) is 0 Å². The lowest BCUT2D eigenvalue weighted by atomic mass is 9.88. The van der Waals surface area contributed by atoms with Crippen LogP contribution in [0.1, 0.15) is 34.3 Å². The molecule has 0 aliphatic heterocycles. The maximum absolute atomic E-state index is 10.9. The largest absolute Gasteiger partial charge is 0.387 e. The Labute approximate surface area is 143 Å². The van der Waals surface area contributed by atoms with Gasteiger partial charge in [0.05, 0.1) is 6.10 Å². The van der Waals surface area contributed by atoms with Gasteiger partial charge in [0.15, 0.2) is 0 Å². The van der Waals surface area contributed by atoms with Gasteiger partial charge in [-0.15, -0.1) is 0 Å². The first-order valence-corrected chi connectivity index (χ1v) is 8.27. The summed E-state index contributed by atoms with van der Waals surface area (Å²) in [6, 6.07) is 28.4. The Morgan fingerprint density at radius 3 is 2.00 bits per heavy atom. The van der Waals surface area contributed by atoms with Crippen LogP contribution in [0.15, 0.2) is 91.0 Å². The van der Waals surface area contributed by atoms with Crippen LogP contribution < -0.4 is 0 Å². The molecule has 0 saturated carbocycles. The molecule has 0 unspecified atom stereocenters. The summed E-state index contributed by atoms with van der Waals surface area (Å²) in [7, 11) is 0. The molecule has 0 aliphatic rings. The van der Waals surface area contributed by atoms with E-state index in [1.165, 1.54) is 5.56 Å². The van der Waals surface area contributed by atoms with E-state index in [9.17, 15) is 5.11 Å². The molecule has 0 bridgehead atoms. The van der Waals surface area contributed by atoms with Gasteiger partial charge in [0.2, 0.25) is 0 Å². The molecule has 0 spiro atoms. The van der Waals surface area contributed by atoms with E-state index in [1.807, 2.05) is 48.5 Å². The molecule has 120 valence electrons. The first-order chi connectivity index (χ1) is 11.7. The average Bonchev–Trinajstić information content (AvgIpc) is 2.63. The number of benzene rings is 3. The Morgan fingerprint density at radius 1 is 0.750 bits per heavy atom. The molecule has 0 aliphatic carbocycles. The van der Waals surface area contributed by atoms with E-state index in [0.717, 1.165) is 16.7 Å². The third kappa shape index (κ3) is 4.01. The Hall–Kier alpha value is -2.64. The highest BCUT2D eigenvalue weighted by Crippen LogP contribution is 2.32. The number of aliphatic hydroxyl groups excluding tert-OH is 1. The molecule has 3 aromatic carbocycles. The lowest BCUT2D eigenvalue weighted by Crippen LogP contribution is -2.08. The van der Waals surface area contributed by atoms with Crippen molar-refractivity contribution in [2.45, 2.75) is 18.9 Å². The molecule has 0 saturated heterocycles. The maximum atomic E-state index is 10.9. The highest BCUT2D eigenvalue weighted by Gasteiger charge is 2.19. The number of rotatable bonds is 5. The highest BCUT2D eigenvalue weighted by atomic mass is 16.3. The zero-order chi connectivity index (χ0) is 16.8. The van der Waals surface area contributed by atoms with E-state index in [2.05, 4.69) is 55.5 Å².